The molecule has 0 bridgehead atoms. The van der Waals surface area contributed by atoms with Crippen molar-refractivity contribution in [1.82, 2.24) is 14.8 Å². The van der Waals surface area contributed by atoms with Crippen LogP contribution in [0.25, 0.3) is 0 Å². The zero-order valence-electron chi connectivity index (χ0n) is 10.3. The van der Waals surface area contributed by atoms with Crippen molar-refractivity contribution in [3.05, 3.63) is 30.2 Å². The first-order valence-corrected chi connectivity index (χ1v) is 5.59. The summed E-state index contributed by atoms with van der Waals surface area (Å²) in [4.78, 5) is 4.25. The third kappa shape index (κ3) is 2.55. The Morgan fingerprint density at radius 3 is 2.71 bits per heavy atom. The van der Waals surface area contributed by atoms with Crippen LogP contribution in [-0.2, 0) is 0 Å². The highest BCUT2D eigenvalue weighted by molar-refractivity contribution is 5.59. The summed E-state index contributed by atoms with van der Waals surface area (Å²) in [7, 11) is 0. The van der Waals surface area contributed by atoms with E-state index in [2.05, 4.69) is 29.2 Å². The molecule has 0 atom stereocenters. The second-order valence-electron chi connectivity index (χ2n) is 4.36. The van der Waals surface area contributed by atoms with Gasteiger partial charge in [-0.1, -0.05) is 0 Å². The van der Waals surface area contributed by atoms with Crippen LogP contribution in [0.15, 0.2) is 24.7 Å². The summed E-state index contributed by atoms with van der Waals surface area (Å²) in [6, 6.07) is 2.24. The molecule has 0 amide bonds. The fourth-order valence-corrected chi connectivity index (χ4v) is 1.55. The van der Waals surface area contributed by atoms with Gasteiger partial charge in [-0.2, -0.15) is 5.10 Å². The van der Waals surface area contributed by atoms with E-state index in [1.54, 1.807) is 12.4 Å². The third-order valence-electron chi connectivity index (χ3n) is 2.49. The minimum atomic E-state index is 0.353. The molecule has 0 saturated carbocycles. The number of hydrogen-bond donors (Lipinski definition) is 2. The molecule has 2 aromatic rings. The van der Waals surface area contributed by atoms with Crippen LogP contribution in [0.2, 0.25) is 0 Å². The van der Waals surface area contributed by atoms with Gasteiger partial charge in [0.2, 0.25) is 0 Å². The normalized spacial score (nSPS) is 10.8. The van der Waals surface area contributed by atoms with Gasteiger partial charge in [-0.25, -0.2) is 4.98 Å². The molecule has 2 heterocycles. The second-order valence-corrected chi connectivity index (χ2v) is 4.36. The SMILES string of the molecule is Cc1cc(N)cnc1Nc1cnn(C(C)C)c1. The van der Waals surface area contributed by atoms with Gasteiger partial charge in [0, 0.05) is 12.2 Å². The molecule has 90 valence electrons. The van der Waals surface area contributed by atoms with Gasteiger partial charge in [0.25, 0.3) is 0 Å². The number of nitrogens with one attached hydrogen (secondary N) is 1. The van der Waals surface area contributed by atoms with Gasteiger partial charge in [0.15, 0.2) is 0 Å². The molecular weight excluding hydrogens is 214 g/mol. The zero-order chi connectivity index (χ0) is 12.4. The number of aryl methyl sites for hydroxylation is 1. The molecule has 0 aliphatic carbocycles. The van der Waals surface area contributed by atoms with Crippen LogP contribution in [0.4, 0.5) is 17.2 Å². The standard InChI is InChI=1S/C12H17N5/c1-8(2)17-7-11(6-15-17)16-12-9(3)4-10(13)5-14-12/h4-8H,13H2,1-3H3,(H,14,16). The van der Waals surface area contributed by atoms with E-state index in [1.807, 2.05) is 23.9 Å². The Hall–Kier alpha value is -2.04. The Labute approximate surface area is 101 Å². The van der Waals surface area contributed by atoms with Gasteiger partial charge >= 0.3 is 0 Å². The molecule has 17 heavy (non-hydrogen) atoms. The molecule has 0 radical (unpaired) electrons. The number of rotatable bonds is 3. The first kappa shape index (κ1) is 11.4. The van der Waals surface area contributed by atoms with E-state index in [0.29, 0.717) is 11.7 Å². The summed E-state index contributed by atoms with van der Waals surface area (Å²) < 4.78 is 1.90. The van der Waals surface area contributed by atoms with Crippen LogP contribution in [0.1, 0.15) is 25.5 Å². The molecule has 5 heteroatoms. The van der Waals surface area contributed by atoms with Crippen molar-refractivity contribution >= 4 is 17.2 Å². The van der Waals surface area contributed by atoms with Crippen molar-refractivity contribution in [2.75, 3.05) is 11.1 Å². The van der Waals surface area contributed by atoms with Gasteiger partial charge < -0.3 is 11.1 Å². The molecule has 2 aromatic heterocycles. The summed E-state index contributed by atoms with van der Waals surface area (Å²) in [6.45, 7) is 6.14. The van der Waals surface area contributed by atoms with Gasteiger partial charge in [0.05, 0.1) is 23.8 Å². The van der Waals surface area contributed by atoms with E-state index in [4.69, 9.17) is 5.73 Å². The molecule has 0 unspecified atom stereocenters. The van der Waals surface area contributed by atoms with Crippen molar-refractivity contribution in [3.63, 3.8) is 0 Å². The van der Waals surface area contributed by atoms with Crippen molar-refractivity contribution in [3.8, 4) is 0 Å². The lowest BCUT2D eigenvalue weighted by molar-refractivity contribution is 0.532. The van der Waals surface area contributed by atoms with Crippen molar-refractivity contribution in [2.24, 2.45) is 0 Å². The average Bonchev–Trinajstić information content (AvgIpc) is 2.71. The molecule has 0 aromatic carbocycles. The lowest BCUT2D eigenvalue weighted by Gasteiger charge is -2.07. The quantitative estimate of drug-likeness (QED) is 0.851. The summed E-state index contributed by atoms with van der Waals surface area (Å²) in [5.74, 6) is 0.808. The fourth-order valence-electron chi connectivity index (χ4n) is 1.55. The predicted octanol–water partition coefficient (Wildman–Crippen LogP) is 2.49. The number of anilines is 3. The van der Waals surface area contributed by atoms with Crippen LogP contribution in [0.3, 0.4) is 0 Å². The Bertz CT molecular complexity index is 515. The van der Waals surface area contributed by atoms with E-state index in [-0.39, 0.29) is 0 Å². The highest BCUT2D eigenvalue weighted by Gasteiger charge is 2.04. The third-order valence-corrected chi connectivity index (χ3v) is 2.49. The molecule has 0 spiro atoms. The smallest absolute Gasteiger partial charge is 0.133 e. The monoisotopic (exact) mass is 231 g/mol. The number of aromatic nitrogens is 3. The zero-order valence-corrected chi connectivity index (χ0v) is 10.3. The number of pyridine rings is 1. The molecule has 0 aliphatic rings. The Morgan fingerprint density at radius 2 is 2.12 bits per heavy atom. The highest BCUT2D eigenvalue weighted by atomic mass is 15.3. The van der Waals surface area contributed by atoms with E-state index in [1.165, 1.54) is 0 Å². The van der Waals surface area contributed by atoms with Crippen LogP contribution in [0.5, 0.6) is 0 Å². The van der Waals surface area contributed by atoms with Gasteiger partial charge in [-0.3, -0.25) is 4.68 Å². The Kier molecular flexibility index (Phi) is 2.99. The van der Waals surface area contributed by atoms with Gasteiger partial charge in [-0.05, 0) is 32.4 Å². The number of nitrogens with zero attached hydrogens (tertiary/aromatic N) is 3. The molecule has 3 N–H and O–H groups in total. The summed E-state index contributed by atoms with van der Waals surface area (Å²) in [5.41, 5.74) is 8.28. The van der Waals surface area contributed by atoms with E-state index in [9.17, 15) is 0 Å². The van der Waals surface area contributed by atoms with Crippen molar-refractivity contribution in [1.29, 1.82) is 0 Å². The van der Waals surface area contributed by atoms with Crippen molar-refractivity contribution < 1.29 is 0 Å². The molecule has 5 nitrogen and oxygen atoms in total. The minimum absolute atomic E-state index is 0.353. The summed E-state index contributed by atoms with van der Waals surface area (Å²) in [6.07, 6.45) is 5.39. The lowest BCUT2D eigenvalue weighted by atomic mass is 10.2. The van der Waals surface area contributed by atoms with Gasteiger partial charge in [-0.15, -0.1) is 0 Å². The average molecular weight is 231 g/mol. The molecule has 2 rings (SSSR count). The lowest BCUT2D eigenvalue weighted by Crippen LogP contribution is -2.00. The minimum Gasteiger partial charge on any atom is -0.397 e. The second kappa shape index (κ2) is 4.45. The first-order chi connectivity index (χ1) is 8.06. The maximum Gasteiger partial charge on any atom is 0.133 e. The first-order valence-electron chi connectivity index (χ1n) is 5.59. The van der Waals surface area contributed by atoms with Crippen LogP contribution < -0.4 is 11.1 Å². The van der Waals surface area contributed by atoms with E-state index in [0.717, 1.165) is 17.1 Å². The van der Waals surface area contributed by atoms with E-state index < -0.39 is 0 Å². The molecular formula is C12H17N5. The van der Waals surface area contributed by atoms with Crippen LogP contribution in [-0.4, -0.2) is 14.8 Å². The maximum atomic E-state index is 5.66. The predicted molar refractivity (Wildman–Crippen MR) is 69.3 cm³/mol. The number of nitrogens with two attached hydrogens (primary N) is 1. The fraction of sp³-hybridized carbons (Fsp3) is 0.333. The number of nitrogen functional groups attached to an aromatic ring is 1. The van der Waals surface area contributed by atoms with Gasteiger partial charge in [0.1, 0.15) is 5.82 Å². The highest BCUT2D eigenvalue weighted by Crippen LogP contribution is 2.19. The molecule has 0 aliphatic heterocycles. The molecule has 0 fully saturated rings. The van der Waals surface area contributed by atoms with Crippen LogP contribution in [0, 0.1) is 6.92 Å². The Morgan fingerprint density at radius 1 is 1.35 bits per heavy atom. The Balaban J connectivity index is 2.19. The maximum absolute atomic E-state index is 5.66. The van der Waals surface area contributed by atoms with E-state index >= 15 is 0 Å². The summed E-state index contributed by atoms with van der Waals surface area (Å²) in [5, 5.41) is 7.49. The topological polar surface area (TPSA) is 68.8 Å². The van der Waals surface area contributed by atoms with Crippen molar-refractivity contribution in [2.45, 2.75) is 26.8 Å². The number of hydrogen-bond acceptors (Lipinski definition) is 4. The largest absolute Gasteiger partial charge is 0.397 e. The molecule has 0 saturated heterocycles. The summed E-state index contributed by atoms with van der Waals surface area (Å²) >= 11 is 0. The van der Waals surface area contributed by atoms with Crippen LogP contribution >= 0.6 is 0 Å².